The zero-order valence-electron chi connectivity index (χ0n) is 14.3. The summed E-state index contributed by atoms with van der Waals surface area (Å²) in [6, 6.07) is 11.6. The first-order valence-corrected chi connectivity index (χ1v) is 8.31. The van der Waals surface area contributed by atoms with Crippen molar-refractivity contribution >= 4 is 33.4 Å². The Labute approximate surface area is 141 Å². The molecule has 0 amide bonds. The fourth-order valence-corrected chi connectivity index (χ4v) is 3.15. The molecule has 0 aliphatic carbocycles. The summed E-state index contributed by atoms with van der Waals surface area (Å²) in [6.45, 7) is 7.88. The highest BCUT2D eigenvalue weighted by Gasteiger charge is 2.13. The molecule has 4 nitrogen and oxygen atoms in total. The number of carbonyl (C=O) groups excluding carboxylic acids is 2. The van der Waals surface area contributed by atoms with Crippen molar-refractivity contribution in [1.29, 1.82) is 0 Å². The Bertz CT molecular complexity index is 866. The van der Waals surface area contributed by atoms with Gasteiger partial charge in [0.05, 0.1) is 0 Å². The Morgan fingerprint density at radius 1 is 0.917 bits per heavy atom. The predicted octanol–water partition coefficient (Wildman–Crippen LogP) is 3.81. The molecule has 0 aliphatic rings. The van der Waals surface area contributed by atoms with E-state index >= 15 is 0 Å². The van der Waals surface area contributed by atoms with E-state index in [1.165, 1.54) is 0 Å². The summed E-state index contributed by atoms with van der Waals surface area (Å²) in [5.74, 6) is 0.0985. The molecule has 0 spiro atoms. The molecule has 0 saturated carbocycles. The Morgan fingerprint density at radius 3 is 1.83 bits per heavy atom. The second-order valence-corrected chi connectivity index (χ2v) is 6.08. The number of fused-ring (bicyclic) bond motifs is 3. The van der Waals surface area contributed by atoms with Crippen LogP contribution < -0.4 is 5.32 Å². The predicted molar refractivity (Wildman–Crippen MR) is 98.0 cm³/mol. The fourth-order valence-electron chi connectivity index (χ4n) is 3.15. The van der Waals surface area contributed by atoms with Crippen LogP contribution in [0.15, 0.2) is 36.4 Å². The standard InChI is InChI=1S/C20H22N2O2/c1-4-21-9-10-22-19-7-5-15(13(2)23)11-17(19)18-12-16(14(3)24)6-8-20(18)22/h5-8,11-12,21H,4,9-10H2,1-3H3. The molecule has 1 aromatic heterocycles. The Kier molecular flexibility index (Phi) is 4.49. The minimum atomic E-state index is 0.0492. The van der Waals surface area contributed by atoms with Crippen molar-refractivity contribution in [2.24, 2.45) is 0 Å². The molecule has 0 radical (unpaired) electrons. The lowest BCUT2D eigenvalue weighted by Crippen LogP contribution is -2.19. The van der Waals surface area contributed by atoms with Crippen LogP contribution >= 0.6 is 0 Å². The summed E-state index contributed by atoms with van der Waals surface area (Å²) in [4.78, 5) is 23.5. The van der Waals surface area contributed by atoms with Crippen LogP contribution in [0.4, 0.5) is 0 Å². The molecule has 4 heteroatoms. The average Bonchev–Trinajstić information content (AvgIpc) is 2.88. The lowest BCUT2D eigenvalue weighted by Gasteiger charge is -2.08. The molecule has 0 saturated heterocycles. The molecular weight excluding hydrogens is 300 g/mol. The maximum atomic E-state index is 11.7. The third-order valence-corrected chi connectivity index (χ3v) is 4.44. The van der Waals surface area contributed by atoms with Gasteiger partial charge in [-0.1, -0.05) is 6.92 Å². The van der Waals surface area contributed by atoms with Gasteiger partial charge >= 0.3 is 0 Å². The Hall–Kier alpha value is -2.46. The van der Waals surface area contributed by atoms with Crippen LogP contribution in [0.2, 0.25) is 0 Å². The van der Waals surface area contributed by atoms with Gasteiger partial charge < -0.3 is 9.88 Å². The zero-order chi connectivity index (χ0) is 17.3. The Balaban J connectivity index is 2.27. The van der Waals surface area contributed by atoms with Gasteiger partial charge in [-0.3, -0.25) is 9.59 Å². The van der Waals surface area contributed by atoms with Crippen LogP contribution in [-0.2, 0) is 6.54 Å². The number of benzene rings is 2. The van der Waals surface area contributed by atoms with Gasteiger partial charge in [0.15, 0.2) is 11.6 Å². The molecule has 0 bridgehead atoms. The second kappa shape index (κ2) is 6.57. The minimum absolute atomic E-state index is 0.0492. The van der Waals surface area contributed by atoms with Crippen molar-refractivity contribution in [3.63, 3.8) is 0 Å². The van der Waals surface area contributed by atoms with Crippen molar-refractivity contribution in [3.8, 4) is 0 Å². The maximum Gasteiger partial charge on any atom is 0.159 e. The summed E-state index contributed by atoms with van der Waals surface area (Å²) in [5.41, 5.74) is 3.57. The lowest BCUT2D eigenvalue weighted by molar-refractivity contribution is 0.100. The van der Waals surface area contributed by atoms with Gasteiger partial charge in [0.25, 0.3) is 0 Å². The summed E-state index contributed by atoms with van der Waals surface area (Å²) >= 11 is 0. The van der Waals surface area contributed by atoms with Gasteiger partial charge in [0.2, 0.25) is 0 Å². The SMILES string of the molecule is CCNCCn1c2ccc(C(C)=O)cc2c2cc(C(C)=O)ccc21. The molecule has 2 aromatic carbocycles. The fraction of sp³-hybridized carbons (Fsp3) is 0.300. The molecule has 0 fully saturated rings. The first-order valence-electron chi connectivity index (χ1n) is 8.31. The molecule has 0 atom stereocenters. The van der Waals surface area contributed by atoms with E-state index in [0.717, 1.165) is 41.4 Å². The van der Waals surface area contributed by atoms with Crippen LogP contribution in [0, 0.1) is 0 Å². The van der Waals surface area contributed by atoms with Gasteiger partial charge in [-0.05, 0) is 56.8 Å². The molecule has 24 heavy (non-hydrogen) atoms. The van der Waals surface area contributed by atoms with Gasteiger partial charge in [0, 0.05) is 46.0 Å². The third kappa shape index (κ3) is 2.85. The molecule has 3 rings (SSSR count). The van der Waals surface area contributed by atoms with Gasteiger partial charge in [-0.2, -0.15) is 0 Å². The monoisotopic (exact) mass is 322 g/mol. The molecular formula is C20H22N2O2. The molecule has 0 aliphatic heterocycles. The van der Waals surface area contributed by atoms with E-state index in [9.17, 15) is 9.59 Å². The first-order chi connectivity index (χ1) is 11.5. The summed E-state index contributed by atoms with van der Waals surface area (Å²) in [5, 5.41) is 5.40. The van der Waals surface area contributed by atoms with Gasteiger partial charge in [-0.15, -0.1) is 0 Å². The average molecular weight is 322 g/mol. The number of likely N-dealkylation sites (N-methyl/N-ethyl adjacent to an activating group) is 1. The lowest BCUT2D eigenvalue weighted by atomic mass is 10.0. The topological polar surface area (TPSA) is 51.1 Å². The van der Waals surface area contributed by atoms with Gasteiger partial charge in [-0.25, -0.2) is 0 Å². The second-order valence-electron chi connectivity index (χ2n) is 6.08. The number of hydrogen-bond donors (Lipinski definition) is 1. The van der Waals surface area contributed by atoms with Crippen LogP contribution in [-0.4, -0.2) is 29.2 Å². The molecule has 3 aromatic rings. The maximum absolute atomic E-state index is 11.7. The van der Waals surface area contributed by atoms with Crippen LogP contribution in [0.1, 0.15) is 41.5 Å². The summed E-state index contributed by atoms with van der Waals surface area (Å²) in [7, 11) is 0. The normalized spacial score (nSPS) is 11.3. The smallest absolute Gasteiger partial charge is 0.159 e. The third-order valence-electron chi connectivity index (χ3n) is 4.44. The molecule has 1 N–H and O–H groups in total. The highest BCUT2D eigenvalue weighted by atomic mass is 16.1. The van der Waals surface area contributed by atoms with Crippen LogP contribution in [0.25, 0.3) is 21.8 Å². The van der Waals surface area contributed by atoms with Crippen molar-refractivity contribution in [2.45, 2.75) is 27.3 Å². The van der Waals surface area contributed by atoms with Crippen LogP contribution in [0.3, 0.4) is 0 Å². The number of rotatable bonds is 6. The summed E-state index contributed by atoms with van der Waals surface area (Å²) in [6.07, 6.45) is 0. The quantitative estimate of drug-likeness (QED) is 0.554. The number of nitrogens with one attached hydrogen (secondary N) is 1. The molecule has 1 heterocycles. The molecule has 124 valence electrons. The number of Topliss-reactive ketones (excluding diaryl/α,β-unsaturated/α-hetero) is 2. The first kappa shape index (κ1) is 16.4. The van der Waals surface area contributed by atoms with Crippen LogP contribution in [0.5, 0.6) is 0 Å². The summed E-state index contributed by atoms with van der Waals surface area (Å²) < 4.78 is 2.25. The highest BCUT2D eigenvalue weighted by Crippen LogP contribution is 2.31. The molecule has 0 unspecified atom stereocenters. The van der Waals surface area contributed by atoms with E-state index in [0.29, 0.717) is 11.1 Å². The Morgan fingerprint density at radius 2 is 1.42 bits per heavy atom. The number of hydrogen-bond acceptors (Lipinski definition) is 3. The van der Waals surface area contributed by atoms with Crippen molar-refractivity contribution < 1.29 is 9.59 Å². The van der Waals surface area contributed by atoms with E-state index < -0.39 is 0 Å². The van der Waals surface area contributed by atoms with Gasteiger partial charge in [0.1, 0.15) is 0 Å². The van der Waals surface area contributed by atoms with E-state index in [1.807, 2.05) is 36.4 Å². The minimum Gasteiger partial charge on any atom is -0.339 e. The largest absolute Gasteiger partial charge is 0.339 e. The number of ketones is 2. The van der Waals surface area contributed by atoms with E-state index in [2.05, 4.69) is 16.8 Å². The highest BCUT2D eigenvalue weighted by molar-refractivity contribution is 6.12. The van der Waals surface area contributed by atoms with Crippen molar-refractivity contribution in [2.75, 3.05) is 13.1 Å². The van der Waals surface area contributed by atoms with E-state index in [-0.39, 0.29) is 11.6 Å². The zero-order valence-corrected chi connectivity index (χ0v) is 14.3. The number of aromatic nitrogens is 1. The van der Waals surface area contributed by atoms with E-state index in [1.54, 1.807) is 13.8 Å². The van der Waals surface area contributed by atoms with Crippen molar-refractivity contribution in [3.05, 3.63) is 47.5 Å². The van der Waals surface area contributed by atoms with E-state index in [4.69, 9.17) is 0 Å². The van der Waals surface area contributed by atoms with Crippen molar-refractivity contribution in [1.82, 2.24) is 9.88 Å². The number of nitrogens with zero attached hydrogens (tertiary/aromatic N) is 1. The number of carbonyl (C=O) groups is 2.